The van der Waals surface area contributed by atoms with E-state index >= 15 is 0 Å². The van der Waals surface area contributed by atoms with Gasteiger partial charge in [-0.2, -0.15) is 0 Å². The van der Waals surface area contributed by atoms with Crippen LogP contribution >= 0.6 is 11.3 Å². The molecular formula is C20H13N3O3S. The van der Waals surface area contributed by atoms with Gasteiger partial charge in [-0.15, -0.1) is 11.3 Å². The number of fused-ring (bicyclic) bond motifs is 1. The van der Waals surface area contributed by atoms with Crippen LogP contribution in [-0.2, 0) is 0 Å². The lowest BCUT2D eigenvalue weighted by Gasteiger charge is -2.02. The van der Waals surface area contributed by atoms with Crippen molar-refractivity contribution in [2.75, 3.05) is 0 Å². The van der Waals surface area contributed by atoms with Gasteiger partial charge in [-0.3, -0.25) is 15.1 Å². The Bertz CT molecular complexity index is 1130. The van der Waals surface area contributed by atoms with Gasteiger partial charge in [0, 0.05) is 18.3 Å². The molecule has 0 aliphatic heterocycles. The van der Waals surface area contributed by atoms with Crippen LogP contribution in [0.1, 0.15) is 5.56 Å². The molecule has 0 amide bonds. The summed E-state index contributed by atoms with van der Waals surface area (Å²) in [6.45, 7) is 0. The molecular weight excluding hydrogens is 362 g/mol. The van der Waals surface area contributed by atoms with Crippen LogP contribution in [0, 0.1) is 10.1 Å². The monoisotopic (exact) mass is 375 g/mol. The smallest absolute Gasteiger partial charge is 0.269 e. The van der Waals surface area contributed by atoms with Gasteiger partial charge in [0.05, 0.1) is 26.4 Å². The summed E-state index contributed by atoms with van der Waals surface area (Å²) in [5.41, 5.74) is 2.94. The summed E-state index contributed by atoms with van der Waals surface area (Å²) in [7, 11) is 0. The third kappa shape index (κ3) is 3.54. The zero-order chi connectivity index (χ0) is 18.8. The first-order chi connectivity index (χ1) is 13.1. The van der Waals surface area contributed by atoms with Crippen molar-refractivity contribution >= 4 is 39.1 Å². The van der Waals surface area contributed by atoms with Crippen molar-refractivity contribution in [3.8, 4) is 16.3 Å². The molecule has 6 nitrogen and oxygen atoms in total. The maximum absolute atomic E-state index is 10.7. The molecule has 1 heterocycles. The molecule has 0 bridgehead atoms. The fraction of sp³-hybridized carbons (Fsp3) is 0. The SMILES string of the molecule is O=[N+]([O-])c1ccc(C=Nc2ccc(O)c(-c3nc4ccccc4s3)c2)cc1. The minimum atomic E-state index is -0.439. The molecule has 1 N–H and O–H groups in total. The van der Waals surface area contributed by atoms with Gasteiger partial charge in [-0.1, -0.05) is 12.1 Å². The van der Waals surface area contributed by atoms with E-state index in [4.69, 9.17) is 0 Å². The van der Waals surface area contributed by atoms with Crippen molar-refractivity contribution in [2.24, 2.45) is 4.99 Å². The van der Waals surface area contributed by atoms with Gasteiger partial charge in [-0.05, 0) is 48.0 Å². The quantitative estimate of drug-likeness (QED) is 0.297. The highest BCUT2D eigenvalue weighted by atomic mass is 32.1. The Morgan fingerprint density at radius 2 is 1.85 bits per heavy atom. The number of hydrogen-bond acceptors (Lipinski definition) is 6. The van der Waals surface area contributed by atoms with Crippen LogP contribution in [0.5, 0.6) is 5.75 Å². The summed E-state index contributed by atoms with van der Waals surface area (Å²) in [5.74, 6) is 0.142. The molecule has 0 radical (unpaired) electrons. The van der Waals surface area contributed by atoms with Gasteiger partial charge < -0.3 is 5.11 Å². The number of nitro benzene ring substituents is 1. The van der Waals surface area contributed by atoms with E-state index in [0.717, 1.165) is 20.8 Å². The van der Waals surface area contributed by atoms with Crippen LogP contribution in [0.4, 0.5) is 11.4 Å². The Hall–Kier alpha value is -3.58. The van der Waals surface area contributed by atoms with Crippen molar-refractivity contribution < 1.29 is 10.0 Å². The Morgan fingerprint density at radius 1 is 1.07 bits per heavy atom. The molecule has 1 aromatic heterocycles. The fourth-order valence-electron chi connectivity index (χ4n) is 2.59. The number of nitro groups is 1. The number of hydrogen-bond donors (Lipinski definition) is 1. The average molecular weight is 375 g/mol. The number of thiazole rings is 1. The topological polar surface area (TPSA) is 88.6 Å². The van der Waals surface area contributed by atoms with Crippen molar-refractivity contribution in [1.29, 1.82) is 0 Å². The number of phenols is 1. The van der Waals surface area contributed by atoms with Crippen LogP contribution in [0.25, 0.3) is 20.8 Å². The first-order valence-corrected chi connectivity index (χ1v) is 8.89. The number of non-ortho nitro benzene ring substituents is 1. The largest absolute Gasteiger partial charge is 0.507 e. The van der Waals surface area contributed by atoms with Crippen LogP contribution in [0.2, 0.25) is 0 Å². The average Bonchev–Trinajstić information content (AvgIpc) is 3.11. The minimum absolute atomic E-state index is 0.0369. The van der Waals surface area contributed by atoms with E-state index in [2.05, 4.69) is 9.98 Å². The van der Waals surface area contributed by atoms with Crippen molar-refractivity contribution in [1.82, 2.24) is 4.98 Å². The third-order valence-corrected chi connectivity index (χ3v) is 5.04. The number of rotatable bonds is 4. The van der Waals surface area contributed by atoms with E-state index < -0.39 is 4.92 Å². The van der Waals surface area contributed by atoms with E-state index in [1.54, 1.807) is 36.5 Å². The zero-order valence-electron chi connectivity index (χ0n) is 13.9. The second-order valence-electron chi connectivity index (χ2n) is 5.80. The zero-order valence-corrected chi connectivity index (χ0v) is 14.8. The van der Waals surface area contributed by atoms with Crippen LogP contribution in [-0.4, -0.2) is 21.2 Å². The number of aromatic nitrogens is 1. The van der Waals surface area contributed by atoms with E-state index in [-0.39, 0.29) is 11.4 Å². The number of benzene rings is 3. The summed E-state index contributed by atoms with van der Waals surface area (Å²) in [4.78, 5) is 19.2. The number of nitrogens with zero attached hydrogens (tertiary/aromatic N) is 3. The Balaban J connectivity index is 1.64. The molecule has 4 rings (SSSR count). The highest BCUT2D eigenvalue weighted by Crippen LogP contribution is 2.37. The maximum Gasteiger partial charge on any atom is 0.269 e. The van der Waals surface area contributed by atoms with Gasteiger partial charge in [0.1, 0.15) is 10.8 Å². The predicted octanol–water partition coefficient (Wildman–Crippen LogP) is 5.33. The lowest BCUT2D eigenvalue weighted by atomic mass is 10.2. The maximum atomic E-state index is 10.7. The van der Waals surface area contributed by atoms with E-state index in [1.807, 2.05) is 24.3 Å². The molecule has 0 aliphatic carbocycles. The van der Waals surface area contributed by atoms with Crippen LogP contribution in [0.3, 0.4) is 0 Å². The number of phenolic OH excluding ortho intramolecular Hbond substituents is 1. The third-order valence-electron chi connectivity index (χ3n) is 3.97. The van der Waals surface area contributed by atoms with Gasteiger partial charge in [0.15, 0.2) is 0 Å². The molecule has 0 atom stereocenters. The van der Waals surface area contributed by atoms with Gasteiger partial charge in [0.2, 0.25) is 0 Å². The van der Waals surface area contributed by atoms with E-state index in [1.165, 1.54) is 23.5 Å². The molecule has 0 saturated carbocycles. The standard InChI is InChI=1S/C20H13N3O3S/c24-18-10-7-14(21-12-13-5-8-15(9-6-13)23(25)26)11-16(18)20-22-17-3-1-2-4-19(17)27-20/h1-12,24H. The summed E-state index contributed by atoms with van der Waals surface area (Å²) >= 11 is 1.51. The number of aliphatic imine (C=N–C) groups is 1. The molecule has 4 aromatic rings. The van der Waals surface area contributed by atoms with E-state index in [9.17, 15) is 15.2 Å². The Morgan fingerprint density at radius 3 is 2.59 bits per heavy atom. The molecule has 27 heavy (non-hydrogen) atoms. The van der Waals surface area contributed by atoms with Crippen molar-refractivity contribution in [3.63, 3.8) is 0 Å². The molecule has 3 aromatic carbocycles. The highest BCUT2D eigenvalue weighted by Gasteiger charge is 2.11. The van der Waals surface area contributed by atoms with Gasteiger partial charge in [-0.25, -0.2) is 4.98 Å². The molecule has 132 valence electrons. The van der Waals surface area contributed by atoms with Gasteiger partial charge in [0.25, 0.3) is 5.69 Å². The minimum Gasteiger partial charge on any atom is -0.507 e. The molecule has 0 aliphatic rings. The molecule has 7 heteroatoms. The number of para-hydroxylation sites is 1. The van der Waals surface area contributed by atoms with Crippen LogP contribution in [0.15, 0.2) is 71.7 Å². The molecule has 0 unspecified atom stereocenters. The van der Waals surface area contributed by atoms with Gasteiger partial charge >= 0.3 is 0 Å². The molecule has 0 saturated heterocycles. The Labute approximate surface area is 158 Å². The first-order valence-electron chi connectivity index (χ1n) is 8.08. The van der Waals surface area contributed by atoms with Crippen LogP contribution < -0.4 is 0 Å². The summed E-state index contributed by atoms with van der Waals surface area (Å²) in [5, 5.41) is 21.7. The second-order valence-corrected chi connectivity index (χ2v) is 6.83. The predicted molar refractivity (Wildman–Crippen MR) is 107 cm³/mol. The molecule has 0 fully saturated rings. The summed E-state index contributed by atoms with van der Waals surface area (Å²) in [6.07, 6.45) is 1.62. The lowest BCUT2D eigenvalue weighted by molar-refractivity contribution is -0.384. The summed E-state index contributed by atoms with van der Waals surface area (Å²) in [6, 6.07) is 19.0. The fourth-order valence-corrected chi connectivity index (χ4v) is 3.58. The normalized spacial score (nSPS) is 11.3. The van der Waals surface area contributed by atoms with E-state index in [0.29, 0.717) is 11.3 Å². The second kappa shape index (κ2) is 6.97. The van der Waals surface area contributed by atoms with Crippen molar-refractivity contribution in [2.45, 2.75) is 0 Å². The van der Waals surface area contributed by atoms with Crippen molar-refractivity contribution in [3.05, 3.63) is 82.4 Å². The highest BCUT2D eigenvalue weighted by molar-refractivity contribution is 7.21. The molecule has 0 spiro atoms. The first kappa shape index (κ1) is 16.9. The summed E-state index contributed by atoms with van der Waals surface area (Å²) < 4.78 is 1.05. The number of aromatic hydroxyl groups is 1. The Kier molecular flexibility index (Phi) is 4.35. The lowest BCUT2D eigenvalue weighted by Crippen LogP contribution is -1.88.